The second-order valence-electron chi connectivity index (χ2n) is 5.05. The number of rotatable bonds is 10. The predicted octanol–water partition coefficient (Wildman–Crippen LogP) is 3.20. The van der Waals surface area contributed by atoms with Crippen molar-refractivity contribution in [1.29, 1.82) is 0 Å². The quantitative estimate of drug-likeness (QED) is 0.353. The molecule has 0 unspecified atom stereocenters. The van der Waals surface area contributed by atoms with Crippen molar-refractivity contribution < 1.29 is 14.4 Å². The topological polar surface area (TPSA) is 46.6 Å². The van der Waals surface area contributed by atoms with Crippen molar-refractivity contribution in [2.24, 2.45) is 0 Å². The van der Waals surface area contributed by atoms with Crippen LogP contribution in [0.4, 0.5) is 0 Å². The summed E-state index contributed by atoms with van der Waals surface area (Å²) < 4.78 is 0. The van der Waals surface area contributed by atoms with Crippen molar-refractivity contribution in [2.45, 2.75) is 78.1 Å². The van der Waals surface area contributed by atoms with E-state index in [9.17, 15) is 9.59 Å². The molecule has 0 aromatic heterocycles. The third-order valence-electron chi connectivity index (χ3n) is 3.11. The van der Waals surface area contributed by atoms with Crippen molar-refractivity contribution in [3.8, 4) is 0 Å². The fraction of sp³-hybridized carbons (Fsp3) is 0.867. The van der Waals surface area contributed by atoms with E-state index in [4.69, 9.17) is 0 Å². The van der Waals surface area contributed by atoms with E-state index < -0.39 is 5.97 Å². The molecule has 1 amide bonds. The third kappa shape index (κ3) is 14.4. The molecule has 5 heteroatoms. The molecule has 0 aliphatic carbocycles. The molecule has 0 radical (unpaired) electrons. The van der Waals surface area contributed by atoms with E-state index >= 15 is 0 Å². The Bertz CT molecular complexity index is 260. The molecule has 0 spiro atoms. The summed E-state index contributed by atoms with van der Waals surface area (Å²) in [7, 11) is 1.48. The average molecular weight is 295 g/mol. The minimum absolute atomic E-state index is 0. The van der Waals surface area contributed by atoms with E-state index in [0.29, 0.717) is 6.42 Å². The van der Waals surface area contributed by atoms with E-state index in [-0.39, 0.29) is 35.5 Å². The van der Waals surface area contributed by atoms with Crippen LogP contribution >= 0.6 is 0 Å². The maximum absolute atomic E-state index is 11.5. The van der Waals surface area contributed by atoms with Crippen LogP contribution in [0.5, 0.6) is 0 Å². The second kappa shape index (κ2) is 15.3. The number of carbonyl (C=O) groups excluding carboxylic acids is 2. The molecule has 20 heavy (non-hydrogen) atoms. The van der Waals surface area contributed by atoms with Crippen molar-refractivity contribution >= 4 is 41.4 Å². The van der Waals surface area contributed by atoms with E-state index in [1.165, 1.54) is 58.9 Å². The first-order valence-corrected chi connectivity index (χ1v) is 7.53. The summed E-state index contributed by atoms with van der Waals surface area (Å²) in [6, 6.07) is 0. The Morgan fingerprint density at radius 1 is 0.900 bits per heavy atom. The molecule has 0 rings (SSSR count). The summed E-state index contributed by atoms with van der Waals surface area (Å²) >= 11 is 0. The van der Waals surface area contributed by atoms with Crippen LogP contribution in [0.25, 0.3) is 0 Å². The first-order chi connectivity index (χ1) is 9.07. The van der Waals surface area contributed by atoms with Gasteiger partial charge in [0.1, 0.15) is 0 Å². The third-order valence-corrected chi connectivity index (χ3v) is 3.11. The zero-order valence-electron chi connectivity index (χ0n) is 12.7. The van der Waals surface area contributed by atoms with Gasteiger partial charge in [0, 0.05) is 20.4 Å². The Hall–Kier alpha value is -0.0600. The van der Waals surface area contributed by atoms with Crippen molar-refractivity contribution in [2.75, 3.05) is 7.05 Å². The first-order valence-electron chi connectivity index (χ1n) is 7.53. The number of amides is 1. The van der Waals surface area contributed by atoms with E-state index in [1.807, 2.05) is 0 Å². The molecule has 0 heterocycles. The molecule has 0 aromatic carbocycles. The van der Waals surface area contributed by atoms with Crippen molar-refractivity contribution in [3.05, 3.63) is 0 Å². The molecule has 0 saturated heterocycles. The molecule has 0 bridgehead atoms. The van der Waals surface area contributed by atoms with Gasteiger partial charge in [-0.05, 0) is 6.42 Å². The van der Waals surface area contributed by atoms with Gasteiger partial charge in [-0.3, -0.25) is 9.59 Å². The molecule has 0 aromatic rings. The van der Waals surface area contributed by atoms with Crippen LogP contribution in [0.15, 0.2) is 0 Å². The van der Waals surface area contributed by atoms with Gasteiger partial charge in [0.2, 0.25) is 0 Å². The van der Waals surface area contributed by atoms with Gasteiger partial charge in [-0.15, -0.1) is 0 Å². The summed E-state index contributed by atoms with van der Waals surface area (Å²) in [5.74, 6) is -0.582. The summed E-state index contributed by atoms with van der Waals surface area (Å²) in [6.07, 6.45) is 11.5. The number of hydroxylamine groups is 2. The predicted molar refractivity (Wildman–Crippen MR) is 83.5 cm³/mol. The van der Waals surface area contributed by atoms with Crippen LogP contribution in [0.3, 0.4) is 0 Å². The average Bonchev–Trinajstić information content (AvgIpc) is 2.35. The van der Waals surface area contributed by atoms with Crippen LogP contribution in [0, 0.1) is 0 Å². The monoisotopic (exact) mass is 295 g/mol. The normalized spacial score (nSPS) is 9.75. The number of hydrogen-bond donors (Lipinski definition) is 0. The van der Waals surface area contributed by atoms with Gasteiger partial charge in [0.05, 0.1) is 0 Å². The Labute approximate surface area is 145 Å². The SMILES string of the molecule is CCCCCCCCCCCC(=O)N(C)OC(C)=O.[NaH]. The zero-order valence-corrected chi connectivity index (χ0v) is 12.7. The van der Waals surface area contributed by atoms with Crippen LogP contribution in [0.2, 0.25) is 0 Å². The molecule has 0 aliphatic heterocycles. The molecule has 114 valence electrons. The molecule has 0 saturated carbocycles. The summed E-state index contributed by atoms with van der Waals surface area (Å²) in [5.41, 5.74) is 0. The molecule has 0 aliphatic rings. The zero-order chi connectivity index (χ0) is 14.5. The fourth-order valence-corrected chi connectivity index (χ4v) is 1.99. The van der Waals surface area contributed by atoms with Crippen LogP contribution < -0.4 is 0 Å². The molecule has 4 nitrogen and oxygen atoms in total. The van der Waals surface area contributed by atoms with Gasteiger partial charge < -0.3 is 4.84 Å². The van der Waals surface area contributed by atoms with Gasteiger partial charge in [-0.25, -0.2) is 0 Å². The second-order valence-corrected chi connectivity index (χ2v) is 5.05. The van der Waals surface area contributed by atoms with Gasteiger partial charge in [0.15, 0.2) is 0 Å². The van der Waals surface area contributed by atoms with Gasteiger partial charge in [-0.2, -0.15) is 5.06 Å². The van der Waals surface area contributed by atoms with E-state index in [1.54, 1.807) is 0 Å². The molecular formula is C15H30NNaO3. The van der Waals surface area contributed by atoms with Gasteiger partial charge in [-0.1, -0.05) is 58.3 Å². The molecule has 0 atom stereocenters. The van der Waals surface area contributed by atoms with Crippen LogP contribution in [-0.4, -0.2) is 53.5 Å². The molecule has 0 fully saturated rings. The summed E-state index contributed by atoms with van der Waals surface area (Å²) in [6.45, 7) is 3.52. The Morgan fingerprint density at radius 3 is 1.80 bits per heavy atom. The molecular weight excluding hydrogens is 265 g/mol. The Morgan fingerprint density at radius 2 is 1.35 bits per heavy atom. The summed E-state index contributed by atoms with van der Waals surface area (Å²) in [4.78, 5) is 26.9. The van der Waals surface area contributed by atoms with Gasteiger partial charge >= 0.3 is 35.5 Å². The van der Waals surface area contributed by atoms with E-state index in [0.717, 1.165) is 17.9 Å². The number of unbranched alkanes of at least 4 members (excludes halogenated alkanes) is 8. The van der Waals surface area contributed by atoms with Crippen molar-refractivity contribution in [3.63, 3.8) is 0 Å². The fourth-order valence-electron chi connectivity index (χ4n) is 1.99. The van der Waals surface area contributed by atoms with Crippen LogP contribution in [0.1, 0.15) is 78.1 Å². The Balaban J connectivity index is 0. The standard InChI is InChI=1S/C15H29NO3.Na.H/c1-4-5-6-7-8-9-10-11-12-13-15(18)16(3)19-14(2)17;;/h4-13H2,1-3H3;;. The number of nitrogens with zero attached hydrogens (tertiary/aromatic N) is 1. The number of hydrogen-bond acceptors (Lipinski definition) is 3. The number of carbonyl (C=O) groups is 2. The minimum atomic E-state index is -0.456. The van der Waals surface area contributed by atoms with Crippen LogP contribution in [-0.2, 0) is 14.4 Å². The van der Waals surface area contributed by atoms with Gasteiger partial charge in [0.25, 0.3) is 5.91 Å². The molecule has 0 N–H and O–H groups in total. The van der Waals surface area contributed by atoms with Crippen molar-refractivity contribution in [1.82, 2.24) is 5.06 Å². The van der Waals surface area contributed by atoms with E-state index in [2.05, 4.69) is 11.8 Å². The Kier molecular flexibility index (Phi) is 17.0. The maximum atomic E-state index is 11.5. The first kappa shape index (κ1) is 22.2. The summed E-state index contributed by atoms with van der Waals surface area (Å²) in [5, 5.41) is 1.03.